The number of hydrogen-bond acceptors (Lipinski definition) is 4. The monoisotopic (exact) mass is 195 g/mol. The van der Waals surface area contributed by atoms with Gasteiger partial charge < -0.3 is 5.11 Å². The Balaban J connectivity index is 2.77. The van der Waals surface area contributed by atoms with Crippen LogP contribution >= 0.6 is 11.8 Å². The summed E-state index contributed by atoms with van der Waals surface area (Å²) in [5.41, 5.74) is 0. The molecule has 0 aromatic carbocycles. The Morgan fingerprint density at radius 2 is 2.36 bits per heavy atom. The molecule has 0 radical (unpaired) electrons. The average Bonchev–Trinajstić information content (AvgIpc) is 2.33. The van der Waals surface area contributed by atoms with Crippen LogP contribution < -0.4 is 5.32 Å². The highest BCUT2D eigenvalue weighted by molar-refractivity contribution is 8.02. The number of thioether (sulfide) groups is 1. The smallest absolute Gasteiger partial charge is 0.331 e. The number of carboxylic acids is 1. The Morgan fingerprint density at radius 3 is 2.64 bits per heavy atom. The average molecular weight is 195 g/mol. The minimum absolute atomic E-state index is 0.0578. The second-order valence-corrected chi connectivity index (χ2v) is 3.89. The molecule has 5 nitrogen and oxygen atoms in total. The molecule has 1 heterocycles. The van der Waals surface area contributed by atoms with Crippen molar-refractivity contribution in [2.24, 2.45) is 0 Å². The first-order valence-electron chi connectivity index (χ1n) is 2.67. The third-order valence-corrected chi connectivity index (χ3v) is 3.05. The van der Waals surface area contributed by atoms with Crippen molar-refractivity contribution in [2.45, 2.75) is 5.37 Å². The highest BCUT2D eigenvalue weighted by Gasteiger charge is 2.27. The fourth-order valence-corrected chi connectivity index (χ4v) is 2.27. The molecule has 7 heteroatoms. The van der Waals surface area contributed by atoms with Gasteiger partial charge in [-0.2, -0.15) is 8.42 Å². The number of aliphatic carboxylic acids is 1. The second-order valence-electron chi connectivity index (χ2n) is 1.83. The number of carbonyl (C=O) groups is 1. The zero-order chi connectivity index (χ0) is 8.43. The molecular formula is C4H5NO4S2. The first-order valence-corrected chi connectivity index (χ1v) is 4.79. The first-order chi connectivity index (χ1) is 5.11. The van der Waals surface area contributed by atoms with Crippen molar-refractivity contribution in [1.29, 1.82) is 0 Å². The van der Waals surface area contributed by atoms with Crippen molar-refractivity contribution in [3.8, 4) is 0 Å². The van der Waals surface area contributed by atoms with Crippen molar-refractivity contribution in [2.75, 3.05) is 5.75 Å². The summed E-state index contributed by atoms with van der Waals surface area (Å²) in [4.78, 5) is 10.3. The van der Waals surface area contributed by atoms with E-state index in [-0.39, 0.29) is 10.7 Å². The highest BCUT2D eigenvalue weighted by Crippen LogP contribution is 2.14. The molecule has 1 rings (SSSR count). The van der Waals surface area contributed by atoms with Crippen LogP contribution in [0.1, 0.15) is 0 Å². The fourth-order valence-electron chi connectivity index (χ4n) is 0.618. The minimum atomic E-state index is -2.31. The highest BCUT2D eigenvalue weighted by atomic mass is 32.2. The normalized spacial score (nSPS) is 23.6. The molecule has 0 saturated carbocycles. The van der Waals surface area contributed by atoms with Gasteiger partial charge in [-0.3, -0.25) is 5.32 Å². The molecule has 0 spiro atoms. The van der Waals surface area contributed by atoms with E-state index in [2.05, 4.69) is 5.32 Å². The summed E-state index contributed by atoms with van der Waals surface area (Å²) in [7, 11) is -2.31. The number of hydrogen-bond donors (Lipinski definition) is 2. The van der Waals surface area contributed by atoms with Crippen LogP contribution in [0.4, 0.5) is 0 Å². The molecule has 0 bridgehead atoms. The van der Waals surface area contributed by atoms with Gasteiger partial charge in [0.2, 0.25) is 10.3 Å². The van der Waals surface area contributed by atoms with Gasteiger partial charge in [0.05, 0.1) is 0 Å². The van der Waals surface area contributed by atoms with Crippen LogP contribution in [0.25, 0.3) is 0 Å². The van der Waals surface area contributed by atoms with Gasteiger partial charge in [-0.25, -0.2) is 4.79 Å². The van der Waals surface area contributed by atoms with Crippen LogP contribution in [0.5, 0.6) is 0 Å². The van der Waals surface area contributed by atoms with E-state index < -0.39 is 21.6 Å². The van der Waals surface area contributed by atoms with Crippen LogP contribution in [-0.2, 0) is 15.1 Å². The summed E-state index contributed by atoms with van der Waals surface area (Å²) < 4.78 is 20.5. The van der Waals surface area contributed by atoms with E-state index in [0.717, 1.165) is 11.8 Å². The third-order valence-electron chi connectivity index (χ3n) is 1.10. The van der Waals surface area contributed by atoms with Crippen LogP contribution in [0.3, 0.4) is 0 Å². The lowest BCUT2D eigenvalue weighted by molar-refractivity contribution is -0.136. The molecule has 2 N–H and O–H groups in total. The van der Waals surface area contributed by atoms with Crippen molar-refractivity contribution in [1.82, 2.24) is 5.32 Å². The van der Waals surface area contributed by atoms with Gasteiger partial charge in [0.1, 0.15) is 4.99 Å². The topological polar surface area (TPSA) is 83.5 Å². The van der Waals surface area contributed by atoms with Gasteiger partial charge in [0.25, 0.3) is 0 Å². The summed E-state index contributed by atoms with van der Waals surface area (Å²) in [6, 6.07) is 0. The number of nitrogens with one attached hydrogen (secondary N) is 1. The Hall–Kier alpha value is -0.530. The van der Waals surface area contributed by atoms with Crippen molar-refractivity contribution < 1.29 is 18.3 Å². The maximum absolute atomic E-state index is 10.3. The predicted octanol–water partition coefficient (Wildman–Crippen LogP) is -1.26. The zero-order valence-electron chi connectivity index (χ0n) is 5.27. The zero-order valence-corrected chi connectivity index (χ0v) is 6.91. The van der Waals surface area contributed by atoms with Crippen LogP contribution in [0.2, 0.25) is 0 Å². The second kappa shape index (κ2) is 3.24. The molecule has 1 fully saturated rings. The maximum Gasteiger partial charge on any atom is 0.331 e. The van der Waals surface area contributed by atoms with E-state index in [4.69, 9.17) is 5.11 Å². The summed E-state index contributed by atoms with van der Waals surface area (Å²) in [5.74, 6) is -0.831. The summed E-state index contributed by atoms with van der Waals surface area (Å²) >= 11 is 1.05. The summed E-state index contributed by atoms with van der Waals surface area (Å²) in [5, 5.41) is 9.96. The lowest BCUT2D eigenvalue weighted by Gasteiger charge is -1.98. The molecule has 11 heavy (non-hydrogen) atoms. The summed E-state index contributed by atoms with van der Waals surface area (Å²) in [6.07, 6.45) is 0. The van der Waals surface area contributed by atoms with Gasteiger partial charge >= 0.3 is 5.97 Å². The quantitative estimate of drug-likeness (QED) is 0.508. The van der Waals surface area contributed by atoms with Gasteiger partial charge in [-0.05, 0) is 0 Å². The molecule has 1 atom stereocenters. The molecule has 0 aromatic heterocycles. The molecule has 0 aliphatic carbocycles. The molecule has 62 valence electrons. The molecular weight excluding hydrogens is 190 g/mol. The van der Waals surface area contributed by atoms with Crippen molar-refractivity contribution in [3.63, 3.8) is 0 Å². The maximum atomic E-state index is 10.3. The van der Waals surface area contributed by atoms with Gasteiger partial charge in [-0.15, -0.1) is 11.8 Å². The standard InChI is InChI=1S/C4H5NO4S2/c6-4(7)3-5-2(1-10-3)11(8)9/h3,5H,1H2,(H,6,7). The van der Waals surface area contributed by atoms with Crippen LogP contribution in [0.15, 0.2) is 0 Å². The van der Waals surface area contributed by atoms with Gasteiger partial charge in [0.15, 0.2) is 5.37 Å². The van der Waals surface area contributed by atoms with E-state index in [1.807, 2.05) is 0 Å². The molecule has 1 aliphatic rings. The van der Waals surface area contributed by atoms with E-state index in [0.29, 0.717) is 0 Å². The van der Waals surface area contributed by atoms with Crippen LogP contribution in [-0.4, -0.2) is 35.6 Å². The molecule has 1 aliphatic heterocycles. The molecule has 1 saturated heterocycles. The lowest BCUT2D eigenvalue weighted by Crippen LogP contribution is -2.31. The van der Waals surface area contributed by atoms with Gasteiger partial charge in [0, 0.05) is 5.75 Å². The van der Waals surface area contributed by atoms with Crippen LogP contribution in [0, 0.1) is 0 Å². The molecule has 0 aromatic rings. The fraction of sp³-hybridized carbons (Fsp3) is 0.500. The SMILES string of the molecule is O=C(O)C1NC(=S(=O)=O)CS1. The Morgan fingerprint density at radius 1 is 1.73 bits per heavy atom. The van der Waals surface area contributed by atoms with E-state index in [1.165, 1.54) is 0 Å². The molecule has 0 amide bonds. The Kier molecular flexibility index (Phi) is 2.53. The number of rotatable bonds is 1. The van der Waals surface area contributed by atoms with E-state index in [1.54, 1.807) is 0 Å². The van der Waals surface area contributed by atoms with Crippen molar-refractivity contribution >= 4 is 33.0 Å². The summed E-state index contributed by atoms with van der Waals surface area (Å²) in [6.45, 7) is 0. The third kappa shape index (κ3) is 1.95. The first kappa shape index (κ1) is 8.57. The van der Waals surface area contributed by atoms with E-state index >= 15 is 0 Å². The lowest BCUT2D eigenvalue weighted by atomic mass is 10.6. The molecule has 1 unspecified atom stereocenters. The largest absolute Gasteiger partial charge is 0.479 e. The predicted molar refractivity (Wildman–Crippen MR) is 40.9 cm³/mol. The number of carboxylic acid groups (broad SMARTS) is 1. The van der Waals surface area contributed by atoms with Gasteiger partial charge in [-0.1, -0.05) is 0 Å². The minimum Gasteiger partial charge on any atom is -0.479 e. The van der Waals surface area contributed by atoms with E-state index in [9.17, 15) is 13.2 Å². The van der Waals surface area contributed by atoms with Crippen molar-refractivity contribution in [3.05, 3.63) is 0 Å². The Labute approximate surface area is 68.3 Å². The Bertz CT molecular complexity index is 298.